The van der Waals surface area contributed by atoms with Gasteiger partial charge in [0, 0.05) is 43.2 Å². The van der Waals surface area contributed by atoms with E-state index in [-0.39, 0.29) is 5.56 Å². The van der Waals surface area contributed by atoms with Crippen LogP contribution in [0.1, 0.15) is 26.4 Å². The minimum absolute atomic E-state index is 0.262. The van der Waals surface area contributed by atoms with Gasteiger partial charge in [-0.05, 0) is 85.8 Å². The summed E-state index contributed by atoms with van der Waals surface area (Å²) in [4.78, 5) is 4.78. The van der Waals surface area contributed by atoms with E-state index in [4.69, 9.17) is 17.9 Å². The SMILES string of the molecule is [2H]C([2H])([2H])c1ccc2c(c1)oc1c(-c3cc(-c4ccc(-c5oc6ccccc6c5C)cc4C)c(C)cn3)cccc12. The molecule has 3 heterocycles. The van der Waals surface area contributed by atoms with Gasteiger partial charge in [-0.25, -0.2) is 0 Å². The van der Waals surface area contributed by atoms with Crippen LogP contribution in [-0.2, 0) is 0 Å². The molecule has 3 nitrogen and oxygen atoms in total. The smallest absolute Gasteiger partial charge is 0.144 e. The second kappa shape index (κ2) is 8.46. The molecule has 7 rings (SSSR count). The number of furan rings is 2. The fourth-order valence-electron chi connectivity index (χ4n) is 5.52. The van der Waals surface area contributed by atoms with Crippen molar-refractivity contribution in [2.24, 2.45) is 0 Å². The summed E-state index contributed by atoms with van der Waals surface area (Å²) < 4.78 is 35.8. The van der Waals surface area contributed by atoms with Crippen LogP contribution < -0.4 is 0 Å². The Bertz CT molecular complexity index is 2130. The van der Waals surface area contributed by atoms with Gasteiger partial charge in [-0.1, -0.05) is 54.6 Å². The lowest BCUT2D eigenvalue weighted by atomic mass is 9.93. The Labute approximate surface area is 225 Å². The Hall–Kier alpha value is -4.63. The summed E-state index contributed by atoms with van der Waals surface area (Å²) in [5.41, 5.74) is 10.7. The molecule has 7 aromatic rings. The van der Waals surface area contributed by atoms with E-state index < -0.39 is 6.85 Å². The molecule has 3 heteroatoms. The number of rotatable bonds is 3. The molecular formula is C35H27NO2. The molecule has 0 saturated carbocycles. The lowest BCUT2D eigenvalue weighted by Gasteiger charge is -2.13. The third-order valence-electron chi connectivity index (χ3n) is 7.50. The zero-order valence-electron chi connectivity index (χ0n) is 24.4. The normalized spacial score (nSPS) is 13.2. The number of aromatic nitrogens is 1. The first-order valence-corrected chi connectivity index (χ1v) is 12.7. The van der Waals surface area contributed by atoms with Gasteiger partial charge in [0.2, 0.25) is 0 Å². The lowest BCUT2D eigenvalue weighted by Crippen LogP contribution is -1.92. The van der Waals surface area contributed by atoms with E-state index in [9.17, 15) is 0 Å². The molecule has 0 unspecified atom stereocenters. The molecule has 38 heavy (non-hydrogen) atoms. The molecule has 0 amide bonds. The van der Waals surface area contributed by atoms with Crippen LogP contribution in [0.5, 0.6) is 0 Å². The van der Waals surface area contributed by atoms with Gasteiger partial charge in [0.25, 0.3) is 0 Å². The Balaban J connectivity index is 1.33. The molecule has 0 bridgehead atoms. The molecule has 0 N–H and O–H groups in total. The molecule has 0 fully saturated rings. The van der Waals surface area contributed by atoms with Crippen LogP contribution in [0.25, 0.3) is 66.6 Å². The second-order valence-corrected chi connectivity index (χ2v) is 9.96. The van der Waals surface area contributed by atoms with Crippen molar-refractivity contribution in [3.63, 3.8) is 0 Å². The zero-order chi connectivity index (χ0) is 28.5. The molecule has 0 radical (unpaired) electrons. The quantitative estimate of drug-likeness (QED) is 0.244. The zero-order valence-corrected chi connectivity index (χ0v) is 21.4. The fourth-order valence-corrected chi connectivity index (χ4v) is 5.52. The number of benzene rings is 4. The van der Waals surface area contributed by atoms with E-state index in [2.05, 4.69) is 51.1 Å². The molecular weight excluding hydrogens is 466 g/mol. The van der Waals surface area contributed by atoms with Gasteiger partial charge in [-0.2, -0.15) is 0 Å². The number of hydrogen-bond acceptors (Lipinski definition) is 3. The molecule has 0 spiro atoms. The van der Waals surface area contributed by atoms with Crippen LogP contribution in [-0.4, -0.2) is 4.98 Å². The third-order valence-corrected chi connectivity index (χ3v) is 7.50. The Kier molecular flexibility index (Phi) is 4.34. The number of pyridine rings is 1. The first-order chi connectivity index (χ1) is 19.7. The number of hydrogen-bond donors (Lipinski definition) is 0. The highest BCUT2D eigenvalue weighted by molar-refractivity contribution is 6.09. The minimum Gasteiger partial charge on any atom is -0.456 e. The molecule has 0 atom stereocenters. The summed E-state index contributed by atoms with van der Waals surface area (Å²) in [5, 5.41) is 2.95. The highest BCUT2D eigenvalue weighted by atomic mass is 16.3. The maximum absolute atomic E-state index is 7.78. The van der Waals surface area contributed by atoms with E-state index in [0.717, 1.165) is 72.1 Å². The summed E-state index contributed by atoms with van der Waals surface area (Å²) in [7, 11) is 0. The molecule has 0 saturated heterocycles. The number of fused-ring (bicyclic) bond motifs is 4. The predicted molar refractivity (Wildman–Crippen MR) is 157 cm³/mol. The monoisotopic (exact) mass is 496 g/mol. The van der Waals surface area contributed by atoms with Crippen LogP contribution >= 0.6 is 0 Å². The Morgan fingerprint density at radius 1 is 0.658 bits per heavy atom. The highest BCUT2D eigenvalue weighted by Gasteiger charge is 2.17. The number of nitrogens with zero attached hydrogens (tertiary/aromatic N) is 1. The van der Waals surface area contributed by atoms with Gasteiger partial charge in [-0.15, -0.1) is 0 Å². The van der Waals surface area contributed by atoms with Gasteiger partial charge >= 0.3 is 0 Å². The van der Waals surface area contributed by atoms with E-state index in [0.29, 0.717) is 11.2 Å². The minimum atomic E-state index is -2.19. The Morgan fingerprint density at radius 3 is 2.37 bits per heavy atom. The molecule has 4 aromatic carbocycles. The van der Waals surface area contributed by atoms with Crippen LogP contribution in [0.2, 0.25) is 0 Å². The predicted octanol–water partition coefficient (Wildman–Crippen LogP) is 9.96. The number of para-hydroxylation sites is 2. The van der Waals surface area contributed by atoms with Crippen molar-refractivity contribution < 1.29 is 12.9 Å². The average Bonchev–Trinajstić information content (AvgIpc) is 3.50. The van der Waals surface area contributed by atoms with Gasteiger partial charge in [0.05, 0.1) is 5.69 Å². The summed E-state index contributed by atoms with van der Waals surface area (Å²) in [6.07, 6.45) is 1.90. The molecule has 0 aliphatic heterocycles. The summed E-state index contributed by atoms with van der Waals surface area (Å²) >= 11 is 0. The Morgan fingerprint density at radius 2 is 1.53 bits per heavy atom. The maximum Gasteiger partial charge on any atom is 0.144 e. The molecule has 0 aliphatic carbocycles. The van der Waals surface area contributed by atoms with Gasteiger partial charge < -0.3 is 8.83 Å². The summed E-state index contributed by atoms with van der Waals surface area (Å²) in [6, 6.07) is 27.8. The van der Waals surface area contributed by atoms with E-state index in [1.54, 1.807) is 12.1 Å². The highest BCUT2D eigenvalue weighted by Crippen LogP contribution is 2.39. The molecule has 0 aliphatic rings. The van der Waals surface area contributed by atoms with E-state index in [1.165, 1.54) is 0 Å². The lowest BCUT2D eigenvalue weighted by molar-refractivity contribution is 0.629. The topological polar surface area (TPSA) is 39.2 Å². The van der Waals surface area contributed by atoms with E-state index in [1.807, 2.05) is 48.7 Å². The van der Waals surface area contributed by atoms with Gasteiger partial charge in [-0.3, -0.25) is 4.98 Å². The number of aryl methyl sites for hydroxylation is 4. The van der Waals surface area contributed by atoms with Crippen molar-refractivity contribution in [2.75, 3.05) is 0 Å². The first kappa shape index (κ1) is 19.5. The van der Waals surface area contributed by atoms with Crippen molar-refractivity contribution in [1.29, 1.82) is 0 Å². The van der Waals surface area contributed by atoms with Crippen molar-refractivity contribution >= 4 is 32.9 Å². The largest absolute Gasteiger partial charge is 0.456 e. The first-order valence-electron chi connectivity index (χ1n) is 14.2. The van der Waals surface area contributed by atoms with Crippen LogP contribution in [0.15, 0.2) is 100.0 Å². The standard InChI is InChI=1S/C35H27NO2/c1-20-12-14-27-28-9-7-10-29(35(28)38-33(27)16-20)31-18-30(22(3)19-36-31)25-15-13-24(17-21(25)2)34-23(4)26-8-5-6-11-32(26)37-34/h5-19H,1-4H3/i1D3. The van der Waals surface area contributed by atoms with Crippen molar-refractivity contribution in [3.8, 4) is 33.7 Å². The van der Waals surface area contributed by atoms with Crippen molar-refractivity contribution in [3.05, 3.63) is 113 Å². The third kappa shape index (κ3) is 3.47. The second-order valence-electron chi connectivity index (χ2n) is 9.96. The maximum atomic E-state index is 7.78. The van der Waals surface area contributed by atoms with Crippen molar-refractivity contribution in [1.82, 2.24) is 4.98 Å². The van der Waals surface area contributed by atoms with Crippen LogP contribution in [0, 0.1) is 27.6 Å². The van der Waals surface area contributed by atoms with Crippen LogP contribution in [0.3, 0.4) is 0 Å². The average molecular weight is 497 g/mol. The van der Waals surface area contributed by atoms with Crippen molar-refractivity contribution in [2.45, 2.75) is 27.6 Å². The molecule has 184 valence electrons. The van der Waals surface area contributed by atoms with E-state index >= 15 is 0 Å². The fraction of sp³-hybridized carbons (Fsp3) is 0.114. The summed E-state index contributed by atoms with van der Waals surface area (Å²) in [6.45, 7) is 4.10. The molecule has 3 aromatic heterocycles. The van der Waals surface area contributed by atoms with Crippen LogP contribution in [0.4, 0.5) is 0 Å². The van der Waals surface area contributed by atoms with Gasteiger partial charge in [0.1, 0.15) is 22.5 Å². The van der Waals surface area contributed by atoms with Gasteiger partial charge in [0.15, 0.2) is 0 Å². The summed E-state index contributed by atoms with van der Waals surface area (Å²) in [5.74, 6) is 0.895.